The lowest BCUT2D eigenvalue weighted by Crippen LogP contribution is -2.10. The van der Waals surface area contributed by atoms with Crippen molar-refractivity contribution in [1.82, 2.24) is 0 Å². The Morgan fingerprint density at radius 3 is 2.39 bits per heavy atom. The lowest BCUT2D eigenvalue weighted by Gasteiger charge is -2.07. The van der Waals surface area contributed by atoms with Crippen molar-refractivity contribution in [3.63, 3.8) is 0 Å². The van der Waals surface area contributed by atoms with E-state index >= 15 is 0 Å². The number of ketones is 1. The van der Waals surface area contributed by atoms with Gasteiger partial charge in [0, 0.05) is 24.6 Å². The highest BCUT2D eigenvalue weighted by Crippen LogP contribution is 2.23. The minimum Gasteiger partial charge on any atom is -0.507 e. The van der Waals surface area contributed by atoms with Crippen LogP contribution in [0.4, 0.5) is 5.69 Å². The summed E-state index contributed by atoms with van der Waals surface area (Å²) in [7, 11) is 0. The van der Waals surface area contributed by atoms with Crippen LogP contribution < -0.4 is 5.32 Å². The molecule has 98 valence electrons. The molecule has 1 amide bonds. The number of nitrogens with one attached hydrogen (secondary N) is 1. The summed E-state index contributed by atoms with van der Waals surface area (Å²) in [5.74, 6) is -0.256. The first kappa shape index (κ1) is 14.2. The molecule has 0 atom stereocenters. The van der Waals surface area contributed by atoms with Crippen LogP contribution in [0.15, 0.2) is 18.2 Å². The average Bonchev–Trinajstić information content (AvgIpc) is 2.29. The number of carbonyl (C=O) groups excluding carboxylic acids is 2. The number of rotatable bonds is 6. The van der Waals surface area contributed by atoms with Crippen LogP contribution in [0.1, 0.15) is 49.9 Å². The third kappa shape index (κ3) is 3.87. The van der Waals surface area contributed by atoms with E-state index in [1.807, 2.05) is 13.8 Å². The number of aromatic hydroxyl groups is 1. The van der Waals surface area contributed by atoms with Crippen molar-refractivity contribution in [1.29, 1.82) is 0 Å². The molecule has 0 unspecified atom stereocenters. The second kappa shape index (κ2) is 6.79. The standard InChI is InChI=1S/C14H19NO3/c1-3-5-12(16)11-8-7-10(9-13(11)17)15-14(18)6-4-2/h7-9,17H,3-6H2,1-2H3,(H,15,18). The minimum absolute atomic E-state index is 0.0808. The summed E-state index contributed by atoms with van der Waals surface area (Å²) in [4.78, 5) is 23.0. The molecule has 0 fully saturated rings. The Kier molecular flexibility index (Phi) is 5.36. The Balaban J connectivity index is 2.79. The normalized spacial score (nSPS) is 10.1. The Morgan fingerprint density at radius 1 is 1.17 bits per heavy atom. The van der Waals surface area contributed by atoms with E-state index in [0.29, 0.717) is 24.1 Å². The molecule has 1 aromatic rings. The molecule has 4 heteroatoms. The van der Waals surface area contributed by atoms with E-state index in [1.165, 1.54) is 6.07 Å². The van der Waals surface area contributed by atoms with Gasteiger partial charge in [-0.05, 0) is 25.0 Å². The van der Waals surface area contributed by atoms with Crippen molar-refractivity contribution in [2.45, 2.75) is 39.5 Å². The molecule has 18 heavy (non-hydrogen) atoms. The third-order valence-corrected chi connectivity index (χ3v) is 2.54. The van der Waals surface area contributed by atoms with Gasteiger partial charge >= 0.3 is 0 Å². The van der Waals surface area contributed by atoms with Gasteiger partial charge in [0.2, 0.25) is 5.91 Å². The van der Waals surface area contributed by atoms with Crippen molar-refractivity contribution in [2.24, 2.45) is 0 Å². The third-order valence-electron chi connectivity index (χ3n) is 2.54. The molecule has 0 spiro atoms. The maximum absolute atomic E-state index is 11.7. The van der Waals surface area contributed by atoms with Crippen LogP contribution in [-0.2, 0) is 4.79 Å². The van der Waals surface area contributed by atoms with Crippen molar-refractivity contribution in [3.05, 3.63) is 23.8 Å². The van der Waals surface area contributed by atoms with Gasteiger partial charge < -0.3 is 10.4 Å². The maximum Gasteiger partial charge on any atom is 0.224 e. The molecule has 0 radical (unpaired) electrons. The molecule has 0 bridgehead atoms. The molecule has 0 saturated heterocycles. The van der Waals surface area contributed by atoms with E-state index < -0.39 is 0 Å². The summed E-state index contributed by atoms with van der Waals surface area (Å²) >= 11 is 0. The Morgan fingerprint density at radius 2 is 1.83 bits per heavy atom. The van der Waals surface area contributed by atoms with Crippen molar-refractivity contribution in [2.75, 3.05) is 5.32 Å². The number of Topliss-reactive ketones (excluding diaryl/α,β-unsaturated/α-hetero) is 1. The van der Waals surface area contributed by atoms with Gasteiger partial charge in [-0.2, -0.15) is 0 Å². The fourth-order valence-electron chi connectivity index (χ4n) is 1.66. The van der Waals surface area contributed by atoms with Crippen LogP contribution in [0.5, 0.6) is 5.75 Å². The van der Waals surface area contributed by atoms with E-state index in [-0.39, 0.29) is 17.4 Å². The lowest BCUT2D eigenvalue weighted by atomic mass is 10.1. The van der Waals surface area contributed by atoms with Gasteiger partial charge in [0.15, 0.2) is 5.78 Å². The smallest absolute Gasteiger partial charge is 0.224 e. The number of benzene rings is 1. The molecule has 0 aromatic heterocycles. The SMILES string of the molecule is CCCC(=O)Nc1ccc(C(=O)CCC)c(O)c1. The summed E-state index contributed by atoms with van der Waals surface area (Å²) < 4.78 is 0. The quantitative estimate of drug-likeness (QED) is 0.761. The largest absolute Gasteiger partial charge is 0.507 e. The summed E-state index contributed by atoms with van der Waals surface area (Å²) in [5, 5.41) is 12.4. The van der Waals surface area contributed by atoms with Gasteiger partial charge in [0.25, 0.3) is 0 Å². The molecule has 0 aliphatic rings. The number of amides is 1. The predicted octanol–water partition coefficient (Wildman–Crippen LogP) is 3.11. The van der Waals surface area contributed by atoms with Crippen LogP contribution in [0, 0.1) is 0 Å². The van der Waals surface area contributed by atoms with Crippen LogP contribution in [0.25, 0.3) is 0 Å². The molecule has 0 heterocycles. The first-order valence-electron chi connectivity index (χ1n) is 6.24. The fraction of sp³-hybridized carbons (Fsp3) is 0.429. The van der Waals surface area contributed by atoms with Crippen LogP contribution >= 0.6 is 0 Å². The average molecular weight is 249 g/mol. The molecule has 1 aromatic carbocycles. The summed E-state index contributed by atoms with van der Waals surface area (Å²) in [5.41, 5.74) is 0.823. The summed E-state index contributed by atoms with van der Waals surface area (Å²) in [6, 6.07) is 4.60. The fourth-order valence-corrected chi connectivity index (χ4v) is 1.66. The number of phenols is 1. The molecule has 0 aliphatic carbocycles. The lowest BCUT2D eigenvalue weighted by molar-refractivity contribution is -0.116. The monoisotopic (exact) mass is 249 g/mol. The van der Waals surface area contributed by atoms with Crippen LogP contribution in [0.2, 0.25) is 0 Å². The first-order valence-corrected chi connectivity index (χ1v) is 6.24. The van der Waals surface area contributed by atoms with Crippen molar-refractivity contribution in [3.8, 4) is 5.75 Å². The maximum atomic E-state index is 11.7. The molecular formula is C14H19NO3. The zero-order chi connectivity index (χ0) is 13.5. The topological polar surface area (TPSA) is 66.4 Å². The van der Waals surface area contributed by atoms with E-state index in [9.17, 15) is 14.7 Å². The number of phenolic OH excluding ortho intramolecular Hbond substituents is 1. The van der Waals surface area contributed by atoms with Crippen LogP contribution in [-0.4, -0.2) is 16.8 Å². The van der Waals surface area contributed by atoms with Crippen molar-refractivity contribution < 1.29 is 14.7 Å². The molecule has 1 rings (SSSR count). The second-order valence-electron chi connectivity index (χ2n) is 4.20. The molecule has 2 N–H and O–H groups in total. The number of hydrogen-bond donors (Lipinski definition) is 2. The van der Waals surface area contributed by atoms with E-state index in [4.69, 9.17) is 0 Å². The van der Waals surface area contributed by atoms with E-state index in [0.717, 1.165) is 12.8 Å². The Bertz CT molecular complexity index is 441. The highest BCUT2D eigenvalue weighted by molar-refractivity contribution is 5.99. The summed E-state index contributed by atoms with van der Waals surface area (Å²) in [6.45, 7) is 3.83. The van der Waals surface area contributed by atoms with Gasteiger partial charge in [-0.25, -0.2) is 0 Å². The van der Waals surface area contributed by atoms with E-state index in [2.05, 4.69) is 5.32 Å². The van der Waals surface area contributed by atoms with Gasteiger partial charge in [-0.3, -0.25) is 9.59 Å². The van der Waals surface area contributed by atoms with Gasteiger partial charge in [0.05, 0.1) is 5.56 Å². The summed E-state index contributed by atoms with van der Waals surface area (Å²) in [6.07, 6.45) is 2.37. The number of anilines is 1. The second-order valence-corrected chi connectivity index (χ2v) is 4.20. The van der Waals surface area contributed by atoms with Crippen molar-refractivity contribution >= 4 is 17.4 Å². The first-order chi connectivity index (χ1) is 8.58. The predicted molar refractivity (Wildman–Crippen MR) is 70.9 cm³/mol. The van der Waals surface area contributed by atoms with Gasteiger partial charge in [-0.15, -0.1) is 0 Å². The molecule has 0 saturated carbocycles. The molecule has 4 nitrogen and oxygen atoms in total. The van der Waals surface area contributed by atoms with Crippen LogP contribution in [0.3, 0.4) is 0 Å². The zero-order valence-electron chi connectivity index (χ0n) is 10.8. The number of carbonyl (C=O) groups is 2. The van der Waals surface area contributed by atoms with Gasteiger partial charge in [0.1, 0.15) is 5.75 Å². The Labute approximate surface area is 107 Å². The number of hydrogen-bond acceptors (Lipinski definition) is 3. The highest BCUT2D eigenvalue weighted by atomic mass is 16.3. The van der Waals surface area contributed by atoms with E-state index in [1.54, 1.807) is 12.1 Å². The molecule has 0 aliphatic heterocycles. The zero-order valence-corrected chi connectivity index (χ0v) is 10.8. The molecular weight excluding hydrogens is 230 g/mol. The van der Waals surface area contributed by atoms with Gasteiger partial charge in [-0.1, -0.05) is 13.8 Å². The minimum atomic E-state index is -0.0930. The Hall–Kier alpha value is -1.84. The highest BCUT2D eigenvalue weighted by Gasteiger charge is 2.11.